The first-order valence-corrected chi connectivity index (χ1v) is 12.7. The van der Waals surface area contributed by atoms with Gasteiger partial charge in [0.05, 0.1) is 33.3 Å². The number of hydrogen-bond acceptors (Lipinski definition) is 3. The fourth-order valence-corrected chi connectivity index (χ4v) is 6.05. The van der Waals surface area contributed by atoms with Gasteiger partial charge in [-0.25, -0.2) is 4.98 Å². The van der Waals surface area contributed by atoms with Gasteiger partial charge in [0, 0.05) is 31.6 Å². The van der Waals surface area contributed by atoms with E-state index in [1.807, 2.05) is 35.6 Å². The zero-order valence-corrected chi connectivity index (χ0v) is 21.1. The first-order chi connectivity index (χ1) is 16.4. The van der Waals surface area contributed by atoms with Crippen LogP contribution >= 0.6 is 23.2 Å². The van der Waals surface area contributed by atoms with Gasteiger partial charge in [-0.3, -0.25) is 4.79 Å². The molecule has 1 aliphatic carbocycles. The van der Waals surface area contributed by atoms with Crippen LogP contribution in [0.15, 0.2) is 24.3 Å². The number of nitriles is 1. The van der Waals surface area contributed by atoms with E-state index in [1.165, 1.54) is 19.3 Å². The largest absolute Gasteiger partial charge is 0.339 e. The molecule has 2 aromatic carbocycles. The van der Waals surface area contributed by atoms with Crippen LogP contribution in [0.4, 0.5) is 0 Å². The summed E-state index contributed by atoms with van der Waals surface area (Å²) in [6, 6.07) is 9.39. The van der Waals surface area contributed by atoms with Gasteiger partial charge in [0.25, 0.3) is 5.91 Å². The SMILES string of the molecule is Cc1cc(C#N)cc2c1nc(Cc1c(Cl)ccc(C(=O)N3CCC(C4CCC4)CC3)c1Cl)n2C. The number of aryl methyl sites for hydroxylation is 2. The van der Waals surface area contributed by atoms with E-state index in [0.717, 1.165) is 60.2 Å². The van der Waals surface area contributed by atoms with Crippen LogP contribution in [0.5, 0.6) is 0 Å². The Morgan fingerprint density at radius 3 is 2.50 bits per heavy atom. The molecule has 176 valence electrons. The number of halogens is 2. The normalized spacial score (nSPS) is 17.1. The monoisotopic (exact) mass is 494 g/mol. The van der Waals surface area contributed by atoms with Crippen molar-refractivity contribution in [2.75, 3.05) is 13.1 Å². The van der Waals surface area contributed by atoms with E-state index in [2.05, 4.69) is 6.07 Å². The van der Waals surface area contributed by atoms with Gasteiger partial charge in [-0.15, -0.1) is 0 Å². The molecular weight excluding hydrogens is 467 g/mol. The molecule has 2 aliphatic rings. The van der Waals surface area contributed by atoms with Crippen LogP contribution < -0.4 is 0 Å². The van der Waals surface area contributed by atoms with Gasteiger partial charge >= 0.3 is 0 Å². The zero-order valence-electron chi connectivity index (χ0n) is 19.6. The molecule has 5 nitrogen and oxygen atoms in total. The van der Waals surface area contributed by atoms with Crippen LogP contribution in [0.3, 0.4) is 0 Å². The Bertz CT molecular complexity index is 1310. The number of carbonyl (C=O) groups is 1. The summed E-state index contributed by atoms with van der Waals surface area (Å²) in [5.74, 6) is 2.39. The van der Waals surface area contributed by atoms with Crippen LogP contribution in [-0.4, -0.2) is 33.4 Å². The van der Waals surface area contributed by atoms with Gasteiger partial charge < -0.3 is 9.47 Å². The van der Waals surface area contributed by atoms with Crippen molar-refractivity contribution in [3.8, 4) is 6.07 Å². The number of likely N-dealkylation sites (tertiary alicyclic amines) is 1. The molecule has 2 heterocycles. The van der Waals surface area contributed by atoms with E-state index in [4.69, 9.17) is 28.2 Å². The van der Waals surface area contributed by atoms with Crippen molar-refractivity contribution in [3.05, 3.63) is 62.4 Å². The molecular formula is C27H28Cl2N4O. The van der Waals surface area contributed by atoms with Crippen LogP contribution in [0.25, 0.3) is 11.0 Å². The van der Waals surface area contributed by atoms with Gasteiger partial charge in [-0.1, -0.05) is 42.5 Å². The second-order valence-corrected chi connectivity index (χ2v) is 10.5. The van der Waals surface area contributed by atoms with E-state index in [0.29, 0.717) is 33.2 Å². The average Bonchev–Trinajstić information content (AvgIpc) is 3.11. The van der Waals surface area contributed by atoms with Crippen molar-refractivity contribution < 1.29 is 4.79 Å². The second kappa shape index (κ2) is 9.24. The highest BCUT2D eigenvalue weighted by atomic mass is 35.5. The minimum atomic E-state index is -0.0190. The number of aromatic nitrogens is 2. The molecule has 7 heteroatoms. The molecule has 1 saturated heterocycles. The van der Waals surface area contributed by atoms with Gasteiger partial charge in [0.1, 0.15) is 5.82 Å². The maximum absolute atomic E-state index is 13.4. The predicted molar refractivity (Wildman–Crippen MR) is 135 cm³/mol. The highest BCUT2D eigenvalue weighted by Gasteiger charge is 2.32. The summed E-state index contributed by atoms with van der Waals surface area (Å²) in [5, 5.41) is 10.2. The predicted octanol–water partition coefficient (Wildman–Crippen LogP) is 6.30. The lowest BCUT2D eigenvalue weighted by molar-refractivity contribution is 0.0609. The number of imidazole rings is 1. The summed E-state index contributed by atoms with van der Waals surface area (Å²) in [4.78, 5) is 20.1. The number of piperidine rings is 1. The van der Waals surface area contributed by atoms with Gasteiger partial charge in [0.2, 0.25) is 0 Å². The summed E-state index contributed by atoms with van der Waals surface area (Å²) >= 11 is 13.4. The molecule has 1 aromatic heterocycles. The smallest absolute Gasteiger partial charge is 0.255 e. The Kier molecular flexibility index (Phi) is 6.31. The second-order valence-electron chi connectivity index (χ2n) is 9.74. The number of fused-ring (bicyclic) bond motifs is 1. The highest BCUT2D eigenvalue weighted by Crippen LogP contribution is 2.39. The Balaban J connectivity index is 1.41. The lowest BCUT2D eigenvalue weighted by Gasteiger charge is -2.40. The molecule has 0 N–H and O–H groups in total. The zero-order chi connectivity index (χ0) is 24.0. The van der Waals surface area contributed by atoms with E-state index >= 15 is 0 Å². The molecule has 0 bridgehead atoms. The van der Waals surface area contributed by atoms with E-state index in [9.17, 15) is 10.1 Å². The van der Waals surface area contributed by atoms with Crippen LogP contribution in [0.1, 0.15) is 65.0 Å². The minimum Gasteiger partial charge on any atom is -0.339 e. The van der Waals surface area contributed by atoms with Gasteiger partial charge in [-0.05, 0) is 67.0 Å². The molecule has 1 amide bonds. The Morgan fingerprint density at radius 2 is 1.85 bits per heavy atom. The number of nitrogens with zero attached hydrogens (tertiary/aromatic N) is 4. The number of carbonyl (C=O) groups excluding carboxylic acids is 1. The van der Waals surface area contributed by atoms with Crippen molar-refractivity contribution in [3.63, 3.8) is 0 Å². The third kappa shape index (κ3) is 4.08. The average molecular weight is 495 g/mol. The first kappa shape index (κ1) is 23.2. The molecule has 2 fully saturated rings. The summed E-state index contributed by atoms with van der Waals surface area (Å²) in [5.41, 5.74) is 4.50. The maximum Gasteiger partial charge on any atom is 0.255 e. The lowest BCUT2D eigenvalue weighted by atomic mass is 9.72. The van der Waals surface area contributed by atoms with Gasteiger partial charge in [0.15, 0.2) is 0 Å². The Labute approximate surface area is 210 Å². The number of hydrogen-bond donors (Lipinski definition) is 0. The van der Waals surface area contributed by atoms with Crippen LogP contribution in [0, 0.1) is 30.1 Å². The molecule has 1 saturated carbocycles. The van der Waals surface area contributed by atoms with E-state index in [-0.39, 0.29) is 5.91 Å². The summed E-state index contributed by atoms with van der Waals surface area (Å²) in [7, 11) is 1.92. The van der Waals surface area contributed by atoms with Crippen LogP contribution in [0.2, 0.25) is 10.0 Å². The molecule has 0 spiro atoms. The fraction of sp³-hybridized carbons (Fsp3) is 0.444. The van der Waals surface area contributed by atoms with Crippen molar-refractivity contribution in [2.24, 2.45) is 18.9 Å². The summed E-state index contributed by atoms with van der Waals surface area (Å²) in [6.45, 7) is 3.53. The molecule has 3 aromatic rings. The Hall–Kier alpha value is -2.55. The van der Waals surface area contributed by atoms with Crippen molar-refractivity contribution >= 4 is 40.1 Å². The quantitative estimate of drug-likeness (QED) is 0.427. The fourth-order valence-electron chi connectivity index (χ4n) is 5.47. The molecule has 5 rings (SSSR count). The van der Waals surface area contributed by atoms with E-state index < -0.39 is 0 Å². The summed E-state index contributed by atoms with van der Waals surface area (Å²) < 4.78 is 1.97. The van der Waals surface area contributed by atoms with Crippen molar-refractivity contribution in [1.82, 2.24) is 14.5 Å². The number of amides is 1. The minimum absolute atomic E-state index is 0.0190. The third-order valence-electron chi connectivity index (χ3n) is 7.79. The van der Waals surface area contributed by atoms with E-state index in [1.54, 1.807) is 12.1 Å². The summed E-state index contributed by atoms with van der Waals surface area (Å²) in [6.07, 6.45) is 6.62. The molecule has 34 heavy (non-hydrogen) atoms. The maximum atomic E-state index is 13.4. The number of benzene rings is 2. The Morgan fingerprint density at radius 1 is 1.15 bits per heavy atom. The molecule has 0 unspecified atom stereocenters. The molecule has 1 aliphatic heterocycles. The highest BCUT2D eigenvalue weighted by molar-refractivity contribution is 6.38. The molecule has 0 atom stereocenters. The van der Waals surface area contributed by atoms with Crippen molar-refractivity contribution in [2.45, 2.75) is 45.4 Å². The third-order valence-corrected chi connectivity index (χ3v) is 8.58. The topological polar surface area (TPSA) is 61.9 Å². The molecule has 0 radical (unpaired) electrons. The van der Waals surface area contributed by atoms with Crippen LogP contribution in [-0.2, 0) is 13.5 Å². The van der Waals surface area contributed by atoms with Gasteiger partial charge in [-0.2, -0.15) is 5.26 Å². The van der Waals surface area contributed by atoms with Crippen molar-refractivity contribution in [1.29, 1.82) is 5.26 Å². The number of rotatable bonds is 4. The lowest BCUT2D eigenvalue weighted by Crippen LogP contribution is -2.41. The standard InChI is InChI=1S/C27H28Cl2N4O/c1-16-12-17(15-30)13-23-26(16)31-24(32(23)2)14-21-22(28)7-6-20(25(21)29)27(34)33-10-8-19(9-11-33)18-4-3-5-18/h6-7,12-13,18-19H,3-5,8-11,14H2,1-2H3. The first-order valence-electron chi connectivity index (χ1n) is 12.0.